The molecule has 0 radical (unpaired) electrons. The summed E-state index contributed by atoms with van der Waals surface area (Å²) in [6, 6.07) is 3.77. The number of alkyl halides is 6. The molecule has 2 N–H and O–H groups in total. The van der Waals surface area contributed by atoms with E-state index in [1.54, 1.807) is 7.11 Å². The highest BCUT2D eigenvalue weighted by Gasteiger charge is 2.39. The van der Waals surface area contributed by atoms with Gasteiger partial charge in [-0.15, -0.1) is 10.2 Å². The number of likely N-dealkylation sites (N-methyl/N-ethyl adjacent to an activating group) is 1. The van der Waals surface area contributed by atoms with Crippen molar-refractivity contribution in [3.63, 3.8) is 0 Å². The number of carboxylic acid groups (broad SMARTS) is 2. The summed E-state index contributed by atoms with van der Waals surface area (Å²) < 4.78 is 70.7. The first-order valence-corrected chi connectivity index (χ1v) is 12.2. The Morgan fingerprint density at radius 2 is 1.51 bits per heavy atom. The van der Waals surface area contributed by atoms with Gasteiger partial charge in [0.1, 0.15) is 5.82 Å². The van der Waals surface area contributed by atoms with E-state index in [-0.39, 0.29) is 5.91 Å². The van der Waals surface area contributed by atoms with Gasteiger partial charge in [-0.1, -0.05) is 0 Å². The fourth-order valence-electron chi connectivity index (χ4n) is 3.97. The number of hydrogen-bond donors (Lipinski definition) is 2. The smallest absolute Gasteiger partial charge is 0.475 e. The second kappa shape index (κ2) is 14.4. The Morgan fingerprint density at radius 3 is 2.02 bits per heavy atom. The Labute approximate surface area is 230 Å². The number of nitrogens with zero attached hydrogens (tertiary/aromatic N) is 6. The molecule has 1 atom stereocenters. The summed E-state index contributed by atoms with van der Waals surface area (Å²) in [4.78, 5) is 37.3. The van der Waals surface area contributed by atoms with E-state index in [9.17, 15) is 31.1 Å². The van der Waals surface area contributed by atoms with Gasteiger partial charge in [0, 0.05) is 58.5 Å². The summed E-state index contributed by atoms with van der Waals surface area (Å²) >= 11 is 0. The molecule has 12 nitrogen and oxygen atoms in total. The van der Waals surface area contributed by atoms with E-state index in [0.29, 0.717) is 11.5 Å². The Morgan fingerprint density at radius 1 is 0.951 bits per heavy atom. The molecule has 1 unspecified atom stereocenters. The maximum Gasteiger partial charge on any atom is 0.490 e. The number of carboxylic acids is 2. The number of ether oxygens (including phenoxy) is 1. The molecule has 1 amide bonds. The molecule has 0 aliphatic carbocycles. The number of hydrogen-bond acceptors (Lipinski definition) is 8. The molecule has 0 aromatic carbocycles. The van der Waals surface area contributed by atoms with Crippen molar-refractivity contribution in [1.82, 2.24) is 29.3 Å². The third-order valence-corrected chi connectivity index (χ3v) is 6.20. The largest absolute Gasteiger partial charge is 0.490 e. The van der Waals surface area contributed by atoms with E-state index >= 15 is 0 Å². The number of rotatable bonds is 5. The van der Waals surface area contributed by atoms with Crippen molar-refractivity contribution in [1.29, 1.82) is 0 Å². The van der Waals surface area contributed by atoms with Gasteiger partial charge in [0.25, 0.3) is 5.91 Å². The number of halogens is 6. The number of aliphatic carboxylic acids is 2. The third kappa shape index (κ3) is 10.1. The van der Waals surface area contributed by atoms with Gasteiger partial charge in [-0.25, -0.2) is 9.59 Å². The molecule has 2 aliphatic heterocycles. The first kappa shape index (κ1) is 33.7. The molecular weight excluding hydrogens is 570 g/mol. The van der Waals surface area contributed by atoms with Crippen molar-refractivity contribution in [2.75, 3.05) is 66.6 Å². The van der Waals surface area contributed by atoms with Crippen LogP contribution in [0.5, 0.6) is 0 Å². The summed E-state index contributed by atoms with van der Waals surface area (Å²) in [5.41, 5.74) is 1.51. The fourth-order valence-corrected chi connectivity index (χ4v) is 3.97. The molecule has 2 saturated heterocycles. The number of methoxy groups -OCH3 is 1. The molecule has 2 fully saturated rings. The average molecular weight is 601 g/mol. The highest BCUT2D eigenvalue weighted by atomic mass is 19.4. The number of carbonyl (C=O) groups excluding carboxylic acids is 1. The monoisotopic (exact) mass is 600 g/mol. The van der Waals surface area contributed by atoms with Crippen LogP contribution in [0.4, 0.5) is 26.3 Å². The molecule has 0 spiro atoms. The molecule has 4 heterocycles. The number of likely N-dealkylation sites (tertiary alicyclic amines) is 1. The summed E-state index contributed by atoms with van der Waals surface area (Å²) in [7, 11) is 3.83. The van der Waals surface area contributed by atoms with Gasteiger partial charge < -0.3 is 29.6 Å². The minimum Gasteiger partial charge on any atom is -0.475 e. The minimum atomic E-state index is -5.08. The number of piperazine rings is 1. The number of carbonyl (C=O) groups is 3. The molecule has 2 aromatic heterocycles. The lowest BCUT2D eigenvalue weighted by Gasteiger charge is -2.32. The third-order valence-electron chi connectivity index (χ3n) is 6.20. The standard InChI is InChI=1S/C19H28N6O2.2C2HF3O2/c1-22-7-9-24(10-8-22)19(26)16-3-4-17-20-21-18(25(17)14-16)15-5-6-23(13-15)11-12-27-2;2*3-2(4,5)1(6)7/h3-4,14-15H,5-13H2,1-2H3;2*(H,6,7). The maximum atomic E-state index is 12.9. The van der Waals surface area contributed by atoms with Crippen molar-refractivity contribution in [2.45, 2.75) is 24.7 Å². The second-order valence-corrected chi connectivity index (χ2v) is 9.18. The summed E-state index contributed by atoms with van der Waals surface area (Å²) in [5.74, 6) is -4.12. The zero-order chi connectivity index (χ0) is 31.0. The minimum absolute atomic E-state index is 0.0952. The molecule has 2 aromatic rings. The Bertz CT molecular complexity index is 1160. The van der Waals surface area contributed by atoms with E-state index in [1.807, 2.05) is 27.6 Å². The zero-order valence-corrected chi connectivity index (χ0v) is 22.2. The number of pyridine rings is 1. The topological polar surface area (TPSA) is 141 Å². The van der Waals surface area contributed by atoms with Crippen LogP contribution in [0.25, 0.3) is 5.65 Å². The highest BCUT2D eigenvalue weighted by Crippen LogP contribution is 2.26. The van der Waals surface area contributed by atoms with Crippen LogP contribution in [0, 0.1) is 0 Å². The summed E-state index contributed by atoms with van der Waals surface area (Å²) in [6.07, 6.45) is -7.19. The zero-order valence-electron chi connectivity index (χ0n) is 22.2. The van der Waals surface area contributed by atoms with Crippen molar-refractivity contribution in [3.8, 4) is 0 Å². The predicted molar refractivity (Wildman–Crippen MR) is 129 cm³/mol. The lowest BCUT2D eigenvalue weighted by atomic mass is 10.1. The molecule has 0 bridgehead atoms. The quantitative estimate of drug-likeness (QED) is 0.489. The summed E-state index contributed by atoms with van der Waals surface area (Å²) in [6.45, 7) is 7.09. The Balaban J connectivity index is 0.000000349. The lowest BCUT2D eigenvalue weighted by Crippen LogP contribution is -2.47. The van der Waals surface area contributed by atoms with E-state index < -0.39 is 24.3 Å². The van der Waals surface area contributed by atoms with Gasteiger partial charge >= 0.3 is 24.3 Å². The van der Waals surface area contributed by atoms with Gasteiger partial charge in [-0.2, -0.15) is 26.3 Å². The molecule has 41 heavy (non-hydrogen) atoms. The molecule has 230 valence electrons. The van der Waals surface area contributed by atoms with Crippen LogP contribution >= 0.6 is 0 Å². The van der Waals surface area contributed by atoms with E-state index in [1.165, 1.54) is 0 Å². The number of aromatic nitrogens is 3. The van der Waals surface area contributed by atoms with Crippen molar-refractivity contribution < 1.29 is 55.7 Å². The first-order chi connectivity index (χ1) is 19.0. The highest BCUT2D eigenvalue weighted by molar-refractivity contribution is 5.94. The van der Waals surface area contributed by atoms with E-state index in [0.717, 1.165) is 70.3 Å². The molecule has 18 heteroatoms. The fraction of sp³-hybridized carbons (Fsp3) is 0.609. The van der Waals surface area contributed by atoms with Crippen LogP contribution in [0.15, 0.2) is 18.3 Å². The van der Waals surface area contributed by atoms with Crippen LogP contribution in [-0.4, -0.2) is 136 Å². The molecule has 4 rings (SSSR count). The van der Waals surface area contributed by atoms with E-state index in [4.69, 9.17) is 24.5 Å². The lowest BCUT2D eigenvalue weighted by molar-refractivity contribution is -0.193. The van der Waals surface area contributed by atoms with E-state index in [2.05, 4.69) is 27.0 Å². The maximum absolute atomic E-state index is 12.9. The van der Waals surface area contributed by atoms with Crippen LogP contribution < -0.4 is 0 Å². The number of amides is 1. The second-order valence-electron chi connectivity index (χ2n) is 9.18. The SMILES string of the molecule is COCCN1CCC(c2nnc3ccc(C(=O)N4CCN(C)CC4)cn23)C1.O=C(O)C(F)(F)F.O=C(O)C(F)(F)F. The van der Waals surface area contributed by atoms with Crippen LogP contribution in [-0.2, 0) is 14.3 Å². The molecule has 2 aliphatic rings. The van der Waals surface area contributed by atoms with Gasteiger partial charge in [-0.3, -0.25) is 9.20 Å². The molecule has 0 saturated carbocycles. The normalized spacial score (nSPS) is 18.3. The van der Waals surface area contributed by atoms with Gasteiger partial charge in [0.05, 0.1) is 12.2 Å². The average Bonchev–Trinajstić information content (AvgIpc) is 3.53. The summed E-state index contributed by atoms with van der Waals surface area (Å²) in [5, 5.41) is 23.0. The van der Waals surface area contributed by atoms with Crippen molar-refractivity contribution >= 4 is 23.5 Å². The number of fused-ring (bicyclic) bond motifs is 1. The van der Waals surface area contributed by atoms with Crippen molar-refractivity contribution in [3.05, 3.63) is 29.7 Å². The van der Waals surface area contributed by atoms with Gasteiger partial charge in [0.2, 0.25) is 0 Å². The Hall–Kier alpha value is -3.51. The van der Waals surface area contributed by atoms with Crippen LogP contribution in [0.1, 0.15) is 28.5 Å². The van der Waals surface area contributed by atoms with Gasteiger partial charge in [0.15, 0.2) is 5.65 Å². The van der Waals surface area contributed by atoms with Crippen LogP contribution in [0.3, 0.4) is 0 Å². The Kier molecular flexibility index (Phi) is 11.8. The van der Waals surface area contributed by atoms with Crippen molar-refractivity contribution in [2.24, 2.45) is 0 Å². The first-order valence-electron chi connectivity index (χ1n) is 12.2. The van der Waals surface area contributed by atoms with Gasteiger partial charge in [-0.05, 0) is 32.1 Å². The van der Waals surface area contributed by atoms with Crippen LogP contribution in [0.2, 0.25) is 0 Å². The predicted octanol–water partition coefficient (Wildman–Crippen LogP) is 1.82. The molecular formula is C23H30F6N6O6.